The van der Waals surface area contributed by atoms with E-state index in [2.05, 4.69) is 36.3 Å². The van der Waals surface area contributed by atoms with E-state index in [1.165, 1.54) is 0 Å². The summed E-state index contributed by atoms with van der Waals surface area (Å²) in [5, 5.41) is 17.1. The maximum atomic E-state index is 8.98. The molecule has 1 aromatic heterocycles. The molecule has 0 unspecified atom stereocenters. The van der Waals surface area contributed by atoms with Crippen molar-refractivity contribution in [3.8, 4) is 6.07 Å². The molecule has 0 aromatic carbocycles. The highest BCUT2D eigenvalue weighted by molar-refractivity contribution is 5.42. The van der Waals surface area contributed by atoms with Gasteiger partial charge in [-0.1, -0.05) is 25.1 Å². The molecule has 4 nitrogen and oxygen atoms in total. The largest absolute Gasteiger partial charge is 0.250 e. The second kappa shape index (κ2) is 4.09. The zero-order valence-electron chi connectivity index (χ0n) is 9.72. The van der Waals surface area contributed by atoms with Gasteiger partial charge < -0.3 is 0 Å². The molecule has 84 valence electrons. The average molecular weight is 216 g/mol. The summed E-state index contributed by atoms with van der Waals surface area (Å²) in [4.78, 5) is 0. The van der Waals surface area contributed by atoms with Crippen LogP contribution in [0.4, 0.5) is 0 Å². The van der Waals surface area contributed by atoms with Crippen LogP contribution in [-0.2, 0) is 6.54 Å². The normalized spacial score (nSPS) is 17.9. The van der Waals surface area contributed by atoms with Crippen molar-refractivity contribution in [2.75, 3.05) is 0 Å². The SMILES string of the molecule is CC(C)/C=C/c1cn(CC2(C#N)CC2)nn1. The standard InChI is InChI=1S/C12H16N4/c1-10(2)3-4-11-7-16(15-14-11)9-12(8-13)5-6-12/h3-4,7,10H,5-6,9H2,1-2H3/b4-3+. The molecule has 0 atom stereocenters. The van der Waals surface area contributed by atoms with Crippen LogP contribution in [0.2, 0.25) is 0 Å². The summed E-state index contributed by atoms with van der Waals surface area (Å²) in [7, 11) is 0. The second-order valence-corrected chi connectivity index (χ2v) is 4.84. The van der Waals surface area contributed by atoms with Crippen molar-refractivity contribution in [2.45, 2.75) is 33.2 Å². The number of hydrogen-bond acceptors (Lipinski definition) is 3. The number of aromatic nitrogens is 3. The fraction of sp³-hybridized carbons (Fsp3) is 0.583. The molecule has 0 radical (unpaired) electrons. The lowest BCUT2D eigenvalue weighted by Gasteiger charge is -2.02. The van der Waals surface area contributed by atoms with Crippen LogP contribution >= 0.6 is 0 Å². The Hall–Kier alpha value is -1.63. The quantitative estimate of drug-likeness (QED) is 0.775. The maximum Gasteiger partial charge on any atom is 0.105 e. The summed E-state index contributed by atoms with van der Waals surface area (Å²) < 4.78 is 1.77. The molecule has 1 saturated carbocycles. The lowest BCUT2D eigenvalue weighted by molar-refractivity contribution is 0.474. The first-order chi connectivity index (χ1) is 7.63. The Balaban J connectivity index is 2.00. The summed E-state index contributed by atoms with van der Waals surface area (Å²) >= 11 is 0. The van der Waals surface area contributed by atoms with Gasteiger partial charge in [-0.2, -0.15) is 5.26 Å². The third-order valence-electron chi connectivity index (χ3n) is 2.76. The molecule has 0 spiro atoms. The van der Waals surface area contributed by atoms with E-state index < -0.39 is 0 Å². The predicted molar refractivity (Wildman–Crippen MR) is 61.2 cm³/mol. The van der Waals surface area contributed by atoms with E-state index in [0.29, 0.717) is 12.5 Å². The fourth-order valence-electron chi connectivity index (χ4n) is 1.52. The van der Waals surface area contributed by atoms with E-state index in [4.69, 9.17) is 5.26 Å². The average Bonchev–Trinajstić information content (AvgIpc) is 2.88. The molecule has 0 amide bonds. The minimum absolute atomic E-state index is 0.160. The van der Waals surface area contributed by atoms with Crippen LogP contribution in [0.15, 0.2) is 12.3 Å². The number of allylic oxidation sites excluding steroid dienone is 1. The van der Waals surface area contributed by atoms with Gasteiger partial charge in [-0.25, -0.2) is 0 Å². The fourth-order valence-corrected chi connectivity index (χ4v) is 1.52. The van der Waals surface area contributed by atoms with Gasteiger partial charge in [-0.3, -0.25) is 4.68 Å². The van der Waals surface area contributed by atoms with E-state index >= 15 is 0 Å². The van der Waals surface area contributed by atoms with Gasteiger partial charge in [-0.05, 0) is 24.8 Å². The van der Waals surface area contributed by atoms with Gasteiger partial charge in [0.15, 0.2) is 0 Å². The molecule has 1 aliphatic carbocycles. The van der Waals surface area contributed by atoms with Gasteiger partial charge in [0.25, 0.3) is 0 Å². The maximum absolute atomic E-state index is 8.98. The van der Waals surface area contributed by atoms with Crippen LogP contribution < -0.4 is 0 Å². The van der Waals surface area contributed by atoms with Gasteiger partial charge in [0.2, 0.25) is 0 Å². The molecule has 0 aliphatic heterocycles. The molecule has 0 N–H and O–H groups in total. The van der Waals surface area contributed by atoms with Crippen molar-refractivity contribution < 1.29 is 0 Å². The molecule has 4 heteroatoms. The minimum Gasteiger partial charge on any atom is -0.250 e. The van der Waals surface area contributed by atoms with Crippen LogP contribution in [0, 0.1) is 22.7 Å². The monoisotopic (exact) mass is 216 g/mol. The molecule has 1 aromatic rings. The van der Waals surface area contributed by atoms with Crippen LogP contribution in [-0.4, -0.2) is 15.0 Å². The van der Waals surface area contributed by atoms with Crippen molar-refractivity contribution in [1.82, 2.24) is 15.0 Å². The first kappa shape index (κ1) is 10.9. The topological polar surface area (TPSA) is 54.5 Å². The summed E-state index contributed by atoms with van der Waals surface area (Å²) in [6.07, 6.45) is 7.93. The summed E-state index contributed by atoms with van der Waals surface area (Å²) in [6, 6.07) is 2.35. The van der Waals surface area contributed by atoms with Gasteiger partial charge in [-0.15, -0.1) is 5.10 Å². The zero-order valence-corrected chi connectivity index (χ0v) is 9.72. The van der Waals surface area contributed by atoms with E-state index in [1.807, 2.05) is 12.3 Å². The first-order valence-corrected chi connectivity index (χ1v) is 5.63. The van der Waals surface area contributed by atoms with Crippen LogP contribution in [0.3, 0.4) is 0 Å². The highest BCUT2D eigenvalue weighted by Crippen LogP contribution is 2.46. The van der Waals surface area contributed by atoms with Crippen LogP contribution in [0.25, 0.3) is 6.08 Å². The van der Waals surface area contributed by atoms with E-state index in [0.717, 1.165) is 18.5 Å². The smallest absolute Gasteiger partial charge is 0.105 e. The van der Waals surface area contributed by atoms with Crippen molar-refractivity contribution in [3.05, 3.63) is 18.0 Å². The Morgan fingerprint density at radius 3 is 2.94 bits per heavy atom. The Labute approximate surface area is 95.6 Å². The number of nitrogens with zero attached hydrogens (tertiary/aromatic N) is 4. The molecule has 0 bridgehead atoms. The van der Waals surface area contributed by atoms with E-state index in [1.54, 1.807) is 4.68 Å². The second-order valence-electron chi connectivity index (χ2n) is 4.84. The van der Waals surface area contributed by atoms with Crippen LogP contribution in [0.1, 0.15) is 32.4 Å². The van der Waals surface area contributed by atoms with Crippen molar-refractivity contribution in [1.29, 1.82) is 5.26 Å². The number of rotatable bonds is 4. The number of nitriles is 1. The Kier molecular flexibility index (Phi) is 2.78. The third kappa shape index (κ3) is 2.48. The molecule has 0 saturated heterocycles. The Bertz CT molecular complexity index is 432. The molecule has 1 aliphatic rings. The molecular weight excluding hydrogens is 200 g/mol. The van der Waals surface area contributed by atoms with Gasteiger partial charge in [0.1, 0.15) is 5.69 Å². The molecule has 16 heavy (non-hydrogen) atoms. The summed E-state index contributed by atoms with van der Waals surface area (Å²) in [6.45, 7) is 4.91. The highest BCUT2D eigenvalue weighted by atomic mass is 15.4. The highest BCUT2D eigenvalue weighted by Gasteiger charge is 2.43. The molecule has 2 rings (SSSR count). The number of hydrogen-bond donors (Lipinski definition) is 0. The van der Waals surface area contributed by atoms with Gasteiger partial charge in [0.05, 0.1) is 24.2 Å². The Morgan fingerprint density at radius 1 is 1.62 bits per heavy atom. The lowest BCUT2D eigenvalue weighted by atomic mass is 10.1. The Morgan fingerprint density at radius 2 is 2.38 bits per heavy atom. The van der Waals surface area contributed by atoms with Crippen molar-refractivity contribution in [3.63, 3.8) is 0 Å². The zero-order chi connectivity index (χ0) is 11.6. The molecule has 1 heterocycles. The van der Waals surface area contributed by atoms with E-state index in [9.17, 15) is 0 Å². The summed E-state index contributed by atoms with van der Waals surface area (Å²) in [5.41, 5.74) is 0.703. The van der Waals surface area contributed by atoms with Crippen molar-refractivity contribution in [2.24, 2.45) is 11.3 Å². The van der Waals surface area contributed by atoms with Gasteiger partial charge in [0, 0.05) is 0 Å². The summed E-state index contributed by atoms with van der Waals surface area (Å²) in [5.74, 6) is 0.513. The van der Waals surface area contributed by atoms with E-state index in [-0.39, 0.29) is 5.41 Å². The van der Waals surface area contributed by atoms with Crippen LogP contribution in [0.5, 0.6) is 0 Å². The van der Waals surface area contributed by atoms with Gasteiger partial charge >= 0.3 is 0 Å². The first-order valence-electron chi connectivity index (χ1n) is 5.63. The molecule has 1 fully saturated rings. The predicted octanol–water partition coefficient (Wildman–Crippen LogP) is 2.25. The lowest BCUT2D eigenvalue weighted by Crippen LogP contribution is -2.10. The minimum atomic E-state index is -0.160. The van der Waals surface area contributed by atoms with Crippen molar-refractivity contribution >= 4 is 6.08 Å². The molecular formula is C12H16N4. The third-order valence-corrected chi connectivity index (χ3v) is 2.76.